The van der Waals surface area contributed by atoms with Crippen LogP contribution in [0, 0.1) is 0 Å². The Kier molecular flexibility index (Phi) is 3.82. The van der Waals surface area contributed by atoms with Crippen molar-refractivity contribution >= 4 is 28.8 Å². The molecule has 0 saturated heterocycles. The van der Waals surface area contributed by atoms with Gasteiger partial charge < -0.3 is 5.32 Å². The smallest absolute Gasteiger partial charge is 0.251 e. The second-order valence-electron chi connectivity index (χ2n) is 3.72. The third kappa shape index (κ3) is 3.08. The number of nitrogens with one attached hydrogen (secondary N) is 1. The molecule has 2 aromatic rings. The van der Waals surface area contributed by atoms with E-state index in [9.17, 15) is 4.79 Å². The number of rotatable bonds is 3. The standard InChI is InChI=1S/C13H12ClNOS/c1-9(12-6-3-7-17-12)15-13(16)10-4-2-5-11(14)8-10/h2-9H,1H3,(H,15,16)/t9-/m0/s1. The number of benzene rings is 1. The Labute approximate surface area is 109 Å². The molecule has 88 valence electrons. The van der Waals surface area contributed by atoms with E-state index in [2.05, 4.69) is 5.32 Å². The maximum absolute atomic E-state index is 11.9. The van der Waals surface area contributed by atoms with Gasteiger partial charge in [0.1, 0.15) is 0 Å². The number of hydrogen-bond donors (Lipinski definition) is 1. The second kappa shape index (κ2) is 5.34. The monoisotopic (exact) mass is 265 g/mol. The van der Waals surface area contributed by atoms with Crippen molar-refractivity contribution in [1.82, 2.24) is 5.32 Å². The Morgan fingerprint density at radius 3 is 2.82 bits per heavy atom. The quantitative estimate of drug-likeness (QED) is 0.896. The number of thiophene rings is 1. The van der Waals surface area contributed by atoms with Crippen LogP contribution in [0.4, 0.5) is 0 Å². The largest absolute Gasteiger partial charge is 0.345 e. The van der Waals surface area contributed by atoms with Gasteiger partial charge >= 0.3 is 0 Å². The van der Waals surface area contributed by atoms with Crippen LogP contribution in [0.3, 0.4) is 0 Å². The van der Waals surface area contributed by atoms with E-state index in [0.717, 1.165) is 4.88 Å². The molecule has 0 aliphatic carbocycles. The van der Waals surface area contributed by atoms with Gasteiger partial charge in [-0.15, -0.1) is 11.3 Å². The van der Waals surface area contributed by atoms with Gasteiger partial charge in [-0.3, -0.25) is 4.79 Å². The van der Waals surface area contributed by atoms with Crippen molar-refractivity contribution in [2.24, 2.45) is 0 Å². The van der Waals surface area contributed by atoms with E-state index in [1.54, 1.807) is 35.6 Å². The molecule has 1 atom stereocenters. The Hall–Kier alpha value is -1.32. The fourth-order valence-electron chi connectivity index (χ4n) is 1.52. The Balaban J connectivity index is 2.07. The lowest BCUT2D eigenvalue weighted by Crippen LogP contribution is -2.26. The molecule has 0 radical (unpaired) electrons. The fraction of sp³-hybridized carbons (Fsp3) is 0.154. The lowest BCUT2D eigenvalue weighted by molar-refractivity contribution is 0.0940. The third-order valence-electron chi connectivity index (χ3n) is 2.40. The first-order valence-electron chi connectivity index (χ1n) is 5.26. The molecular weight excluding hydrogens is 254 g/mol. The number of halogens is 1. The lowest BCUT2D eigenvalue weighted by Gasteiger charge is -2.12. The molecule has 0 saturated carbocycles. The minimum atomic E-state index is -0.103. The van der Waals surface area contributed by atoms with Gasteiger partial charge in [-0.1, -0.05) is 23.7 Å². The van der Waals surface area contributed by atoms with Crippen LogP contribution < -0.4 is 5.32 Å². The van der Waals surface area contributed by atoms with Gasteiger partial charge in [0.2, 0.25) is 0 Å². The van der Waals surface area contributed by atoms with Gasteiger partial charge in [0, 0.05) is 15.5 Å². The van der Waals surface area contributed by atoms with E-state index >= 15 is 0 Å². The number of hydrogen-bond acceptors (Lipinski definition) is 2. The van der Waals surface area contributed by atoms with Crippen LogP contribution >= 0.6 is 22.9 Å². The van der Waals surface area contributed by atoms with Gasteiger partial charge in [0.15, 0.2) is 0 Å². The zero-order chi connectivity index (χ0) is 12.3. The molecule has 1 aromatic carbocycles. The fourth-order valence-corrected chi connectivity index (χ4v) is 2.44. The summed E-state index contributed by atoms with van der Waals surface area (Å²) in [6, 6.07) is 10.9. The number of amides is 1. The van der Waals surface area contributed by atoms with Crippen molar-refractivity contribution in [3.05, 3.63) is 57.2 Å². The predicted octanol–water partition coefficient (Wildman–Crippen LogP) is 3.89. The van der Waals surface area contributed by atoms with Crippen molar-refractivity contribution in [3.63, 3.8) is 0 Å². The van der Waals surface area contributed by atoms with Crippen molar-refractivity contribution in [1.29, 1.82) is 0 Å². The zero-order valence-corrected chi connectivity index (χ0v) is 10.9. The van der Waals surface area contributed by atoms with Crippen LogP contribution in [0.25, 0.3) is 0 Å². The highest BCUT2D eigenvalue weighted by molar-refractivity contribution is 7.10. The first-order chi connectivity index (χ1) is 8.16. The first-order valence-corrected chi connectivity index (χ1v) is 6.52. The molecule has 0 aliphatic heterocycles. The van der Waals surface area contributed by atoms with E-state index in [-0.39, 0.29) is 11.9 Å². The molecule has 1 amide bonds. The summed E-state index contributed by atoms with van der Waals surface area (Å²) in [4.78, 5) is 13.1. The van der Waals surface area contributed by atoms with Crippen LogP contribution in [0.1, 0.15) is 28.2 Å². The molecule has 4 heteroatoms. The molecule has 0 unspecified atom stereocenters. The minimum absolute atomic E-state index is 0.0153. The second-order valence-corrected chi connectivity index (χ2v) is 5.14. The third-order valence-corrected chi connectivity index (χ3v) is 3.69. The van der Waals surface area contributed by atoms with Crippen LogP contribution in [-0.2, 0) is 0 Å². The number of carbonyl (C=O) groups is 1. The van der Waals surface area contributed by atoms with Crippen LogP contribution in [0.5, 0.6) is 0 Å². The van der Waals surface area contributed by atoms with E-state index in [4.69, 9.17) is 11.6 Å². The van der Waals surface area contributed by atoms with Crippen molar-refractivity contribution in [3.8, 4) is 0 Å². The van der Waals surface area contributed by atoms with Crippen molar-refractivity contribution in [2.75, 3.05) is 0 Å². The summed E-state index contributed by atoms with van der Waals surface area (Å²) in [5.74, 6) is -0.103. The van der Waals surface area contributed by atoms with Crippen molar-refractivity contribution < 1.29 is 4.79 Å². The van der Waals surface area contributed by atoms with Gasteiger partial charge in [0.05, 0.1) is 6.04 Å². The number of carbonyl (C=O) groups excluding carboxylic acids is 1. The zero-order valence-electron chi connectivity index (χ0n) is 9.31. The topological polar surface area (TPSA) is 29.1 Å². The molecule has 0 aliphatic rings. The average Bonchev–Trinajstić information content (AvgIpc) is 2.82. The summed E-state index contributed by atoms with van der Waals surface area (Å²) >= 11 is 7.48. The van der Waals surface area contributed by atoms with E-state index in [0.29, 0.717) is 10.6 Å². The highest BCUT2D eigenvalue weighted by Crippen LogP contribution is 2.19. The Bertz CT molecular complexity index is 510. The SMILES string of the molecule is C[C@H](NC(=O)c1cccc(Cl)c1)c1cccs1. The maximum atomic E-state index is 11.9. The first kappa shape index (κ1) is 12.1. The molecule has 0 fully saturated rings. The Morgan fingerprint density at radius 2 is 2.18 bits per heavy atom. The van der Waals surface area contributed by atoms with Gasteiger partial charge in [-0.2, -0.15) is 0 Å². The summed E-state index contributed by atoms with van der Waals surface area (Å²) in [6.07, 6.45) is 0. The average molecular weight is 266 g/mol. The lowest BCUT2D eigenvalue weighted by atomic mass is 10.2. The predicted molar refractivity (Wildman–Crippen MR) is 71.7 cm³/mol. The molecule has 2 rings (SSSR count). The van der Waals surface area contributed by atoms with Gasteiger partial charge in [-0.25, -0.2) is 0 Å². The summed E-state index contributed by atoms with van der Waals surface area (Å²) in [7, 11) is 0. The molecular formula is C13H12ClNOS. The molecule has 17 heavy (non-hydrogen) atoms. The summed E-state index contributed by atoms with van der Waals surface area (Å²) < 4.78 is 0. The maximum Gasteiger partial charge on any atom is 0.251 e. The van der Waals surface area contributed by atoms with E-state index in [1.807, 2.05) is 24.4 Å². The summed E-state index contributed by atoms with van der Waals surface area (Å²) in [5.41, 5.74) is 0.584. The van der Waals surface area contributed by atoms with Crippen LogP contribution in [-0.4, -0.2) is 5.91 Å². The highest BCUT2D eigenvalue weighted by atomic mass is 35.5. The minimum Gasteiger partial charge on any atom is -0.345 e. The summed E-state index contributed by atoms with van der Waals surface area (Å²) in [6.45, 7) is 1.97. The molecule has 1 N–H and O–H groups in total. The van der Waals surface area contributed by atoms with Crippen LogP contribution in [0.2, 0.25) is 5.02 Å². The van der Waals surface area contributed by atoms with E-state index < -0.39 is 0 Å². The highest BCUT2D eigenvalue weighted by Gasteiger charge is 2.11. The molecule has 1 heterocycles. The summed E-state index contributed by atoms with van der Waals surface area (Å²) in [5, 5.41) is 5.51. The van der Waals surface area contributed by atoms with Gasteiger partial charge in [0.25, 0.3) is 5.91 Å². The normalized spacial score (nSPS) is 12.1. The van der Waals surface area contributed by atoms with E-state index in [1.165, 1.54) is 0 Å². The molecule has 0 bridgehead atoms. The van der Waals surface area contributed by atoms with Crippen molar-refractivity contribution in [2.45, 2.75) is 13.0 Å². The van der Waals surface area contributed by atoms with Gasteiger partial charge in [-0.05, 0) is 36.6 Å². The van der Waals surface area contributed by atoms with Crippen LogP contribution in [0.15, 0.2) is 41.8 Å². The molecule has 2 nitrogen and oxygen atoms in total. The molecule has 1 aromatic heterocycles. The molecule has 0 spiro atoms. The Morgan fingerprint density at radius 1 is 1.35 bits per heavy atom.